The third kappa shape index (κ3) is 21.8. The van der Waals surface area contributed by atoms with Gasteiger partial charge in [-0.2, -0.15) is 36.9 Å². The van der Waals surface area contributed by atoms with E-state index in [0.717, 1.165) is 63.0 Å². The molecule has 4 aromatic carbocycles. The van der Waals surface area contributed by atoms with Crippen molar-refractivity contribution >= 4 is 161 Å². The molecule has 6 aromatic heterocycles. The summed E-state index contributed by atoms with van der Waals surface area (Å²) in [5.74, 6) is -6.72. The molecule has 10 aromatic rings. The van der Waals surface area contributed by atoms with Crippen LogP contribution in [0.3, 0.4) is 0 Å². The number of pyridine rings is 2. The van der Waals surface area contributed by atoms with Crippen LogP contribution >= 0.6 is 69.0 Å². The van der Waals surface area contributed by atoms with Crippen LogP contribution in [0.15, 0.2) is 159 Å². The maximum absolute atomic E-state index is 14.4. The largest absolute Gasteiger partial charge is 0.490 e. The number of rotatable bonds is 29. The zero-order valence-electron chi connectivity index (χ0n) is 71.9. The molecule has 16 rings (SSSR count). The Balaban J connectivity index is 0.000000176. The summed E-state index contributed by atoms with van der Waals surface area (Å²) < 4.78 is 78.3. The summed E-state index contributed by atoms with van der Waals surface area (Å²) in [5, 5.41) is 40.3. The summed E-state index contributed by atoms with van der Waals surface area (Å²) in [6.45, 7) is 10.5. The molecular weight excluding hydrogens is 1990 g/mol. The molecule has 4 saturated carbocycles. The molecule has 4 N–H and O–H groups in total. The summed E-state index contributed by atoms with van der Waals surface area (Å²) >= 11 is 25.3. The first kappa shape index (κ1) is 98.5. The number of Topliss-reactive ketones (excluding diaryl/α,β-unsaturated/α-hetero) is 2. The number of unbranched alkanes of at least 4 members (excludes halogenated alkanes) is 3. The van der Waals surface area contributed by atoms with E-state index in [1.807, 2.05) is 54.6 Å². The standard InChI is InChI=1S/C38H32Cl2N8O3.C34H27Cl2IN6O3.C4H5N2.3C4H9.2C2HF3O2.Sn/c1-36(16-23-3-5-24(18-41)6-4-23)34(51)47(28-14-26(39)13-27(40)15-28)35-44-21-30(48(35)36)33(50)45-38(11-12-38)32(49)17-37(9-10-37)31-8-7-25(19-43-31)29-20-42-22-46(29)2;1-32(15-20-2-4-21(17-38)5-3-20)30(46)42(25-13-22(35)12-23(36)14-25)31-40-19-26(43(31)32)29(45)41-34(10-11-34)28(44)16-33(8-9-33)27-7-6-24(37)18-39-27;1-6-3-2-5-4-6;3*1-3-4-2;2*3-2(4,5)1(6)7;/h3-8,13-15,19-22H,9-12,16-17H2,1-2H3,(H,45,50);2-7,12-14,18-19H,8-11,15-16H2,1H3,(H,41,45);2,4H,1H3;3*1,3-4H2,2H3;2*(H,6,7);/t36-;32-;;;;;;;/m11......./s1. The monoisotopic (exact) mass is 2080 g/mol. The molecule has 0 spiro atoms. The predicted molar refractivity (Wildman–Crippen MR) is 487 cm³/mol. The van der Waals surface area contributed by atoms with Crippen LogP contribution < -0.4 is 24.1 Å². The Hall–Kier alpha value is -10.6. The number of carbonyl (C=O) groups excluding carboxylic acids is 6. The summed E-state index contributed by atoms with van der Waals surface area (Å²) in [6, 6.07) is 35.7. The Morgan fingerprint density at radius 2 is 0.877 bits per heavy atom. The molecule has 8 heterocycles. The first-order valence-electron chi connectivity index (χ1n) is 42.1. The second-order valence-electron chi connectivity index (χ2n) is 34.2. The number of carbonyl (C=O) groups is 8. The third-order valence-corrected chi connectivity index (χ3v) is 41.9. The fourth-order valence-corrected chi connectivity index (χ4v) is 34.7. The minimum Gasteiger partial charge on any atom is -0.475 e. The number of carboxylic acids is 2. The number of carboxylic acid groups (broad SMARTS) is 2. The quantitative estimate of drug-likeness (QED) is 0.0192. The molecule has 4 aliphatic carbocycles. The molecule has 2 aliphatic heterocycles. The van der Waals surface area contributed by atoms with E-state index in [9.17, 15) is 65.6 Å². The van der Waals surface area contributed by atoms with Crippen LogP contribution in [0.2, 0.25) is 33.4 Å². The number of amides is 4. The minimum atomic E-state index is -5.08. The molecule has 4 amide bonds. The number of hydrogen-bond donors (Lipinski definition) is 4. The van der Waals surface area contributed by atoms with Gasteiger partial charge in [0.1, 0.15) is 22.5 Å². The molecule has 0 bridgehead atoms. The van der Waals surface area contributed by atoms with Gasteiger partial charge in [-0.05, 0) is 184 Å². The number of hydrogen-bond acceptors (Lipinski definition) is 16. The number of benzene rings is 4. The van der Waals surface area contributed by atoms with Crippen LogP contribution in [-0.2, 0) is 77.6 Å². The van der Waals surface area contributed by atoms with E-state index in [-0.39, 0.29) is 76.8 Å². The molecule has 2 atom stereocenters. The number of aromatic nitrogens is 10. The van der Waals surface area contributed by atoms with Crippen LogP contribution in [-0.4, -0.2) is 147 Å². The average molecular weight is 2080 g/mol. The SMILES string of the molecule is CCC[CH2][Sn]([CH2]CCC)([CH2]CCC)[c]1cncn1C.C[C@@]1(Cc2ccc(C#N)cc2)C(=O)N(c2cc(Cl)cc(Cl)c2)c2ncc(C(=O)NC3(C(=O)CC4(c5ccc(I)cn5)CC4)CC3)n21.Cn1cncc1-c1ccc(C2(CC(=O)C3(NC(=O)c4cnc5n4[C@](C)(Cc4ccc(C#N)cc4)C(=O)N5c4cc(Cl)cc(Cl)c4)CC3)CC2)nc1.O=C(O)C(F)(F)F.O=C(O)C(F)(F)F. The topological polar surface area (TPSA) is 352 Å². The van der Waals surface area contributed by atoms with Crippen molar-refractivity contribution in [3.63, 3.8) is 0 Å². The number of ketones is 2. The van der Waals surface area contributed by atoms with Crippen molar-refractivity contribution in [1.29, 1.82) is 10.5 Å². The van der Waals surface area contributed by atoms with Crippen molar-refractivity contribution in [2.45, 2.75) is 209 Å². The van der Waals surface area contributed by atoms with Gasteiger partial charge in [0, 0.05) is 96.6 Å². The summed E-state index contributed by atoms with van der Waals surface area (Å²) in [7, 11) is 4.13. The number of aryl methyl sites for hydroxylation is 2. The second-order valence-corrected chi connectivity index (χ2v) is 50.3. The van der Waals surface area contributed by atoms with E-state index < -0.39 is 76.6 Å². The number of halogens is 11. The molecule has 130 heavy (non-hydrogen) atoms. The first-order chi connectivity index (χ1) is 61.5. The van der Waals surface area contributed by atoms with Gasteiger partial charge in [-0.1, -0.05) is 70.7 Å². The molecule has 38 heteroatoms. The van der Waals surface area contributed by atoms with Crippen molar-refractivity contribution in [2.24, 2.45) is 14.1 Å². The van der Waals surface area contributed by atoms with Gasteiger partial charge in [0.15, 0.2) is 11.6 Å². The summed E-state index contributed by atoms with van der Waals surface area (Å²) in [5.41, 5.74) is 2.19. The molecule has 0 saturated heterocycles. The number of alkyl halides is 6. The van der Waals surface area contributed by atoms with Gasteiger partial charge in [-0.15, -0.1) is 0 Å². The molecule has 26 nitrogen and oxygen atoms in total. The van der Waals surface area contributed by atoms with E-state index >= 15 is 0 Å². The van der Waals surface area contributed by atoms with Gasteiger partial charge in [0.2, 0.25) is 11.9 Å². The number of nitrogens with one attached hydrogen (secondary N) is 2. The Morgan fingerprint density at radius 3 is 1.18 bits per heavy atom. The number of imidazole rings is 4. The summed E-state index contributed by atoms with van der Waals surface area (Å²) in [4.78, 5) is 132. The second kappa shape index (κ2) is 39.9. The maximum atomic E-state index is 14.4. The Bertz CT molecular complexity index is 5930. The van der Waals surface area contributed by atoms with Crippen LogP contribution in [0.1, 0.15) is 192 Å². The minimum absolute atomic E-state index is 0.00789. The van der Waals surface area contributed by atoms with E-state index in [4.69, 9.17) is 71.2 Å². The Labute approximate surface area is 783 Å². The zero-order valence-corrected chi connectivity index (χ0v) is 80.0. The summed E-state index contributed by atoms with van der Waals surface area (Å²) in [6.07, 6.45) is 19.0. The number of anilines is 4. The van der Waals surface area contributed by atoms with E-state index in [2.05, 4.69) is 109 Å². The number of fused-ring (bicyclic) bond motifs is 2. The van der Waals surface area contributed by atoms with Crippen LogP contribution in [0.4, 0.5) is 49.6 Å². The van der Waals surface area contributed by atoms with Gasteiger partial charge < -0.3 is 25.4 Å². The molecule has 4 fully saturated rings. The van der Waals surface area contributed by atoms with E-state index in [1.54, 1.807) is 124 Å². The van der Waals surface area contributed by atoms with Gasteiger partial charge in [0.05, 0.1) is 76.3 Å². The molecule has 682 valence electrons. The predicted octanol–water partition coefficient (Wildman–Crippen LogP) is 18.8. The molecule has 0 unspecified atom stereocenters. The third-order valence-electron chi connectivity index (χ3n) is 24.7. The van der Waals surface area contributed by atoms with Crippen molar-refractivity contribution in [2.75, 3.05) is 9.80 Å². The zero-order chi connectivity index (χ0) is 94.4. The smallest absolute Gasteiger partial charge is 0.475 e. The van der Waals surface area contributed by atoms with Gasteiger partial charge in [0.25, 0.3) is 23.6 Å². The maximum Gasteiger partial charge on any atom is 0.490 e. The van der Waals surface area contributed by atoms with Crippen molar-refractivity contribution < 1.29 is 74.9 Å². The average Bonchev–Trinajstić information content (AvgIpc) is 1.55. The number of aliphatic carboxylic acids is 2. The first-order valence-corrected chi connectivity index (χ1v) is 52.2. The van der Waals surface area contributed by atoms with Crippen molar-refractivity contribution in [3.05, 3.63) is 228 Å². The van der Waals surface area contributed by atoms with Gasteiger partial charge >= 0.3 is 148 Å². The normalized spacial score (nSPS) is 17.7. The number of nitriles is 2. The van der Waals surface area contributed by atoms with Gasteiger partial charge in [-0.25, -0.2) is 34.3 Å². The number of nitrogens with zero attached hydrogens (tertiary/aromatic N) is 14. The Kier molecular flexibility index (Phi) is 30.2. The molecular formula is C92H93Cl4F6IN16O10Sn. The van der Waals surface area contributed by atoms with Crippen molar-refractivity contribution in [1.82, 2.24) is 58.8 Å². The van der Waals surface area contributed by atoms with Gasteiger partial charge in [-0.3, -0.25) is 47.9 Å². The van der Waals surface area contributed by atoms with Crippen molar-refractivity contribution in [3.8, 4) is 23.4 Å². The molecule has 0 radical (unpaired) electrons. The fourth-order valence-electron chi connectivity index (χ4n) is 16.9. The van der Waals surface area contributed by atoms with E-state index in [0.29, 0.717) is 74.7 Å². The van der Waals surface area contributed by atoms with Crippen LogP contribution in [0.25, 0.3) is 11.3 Å². The van der Waals surface area contributed by atoms with Crippen LogP contribution in [0.5, 0.6) is 0 Å². The van der Waals surface area contributed by atoms with Crippen LogP contribution in [0, 0.1) is 26.2 Å². The Morgan fingerprint density at radius 1 is 0.508 bits per heavy atom. The fraction of sp³-hybridized carbons (Fsp3) is 0.391. The van der Waals surface area contributed by atoms with E-state index in [1.165, 1.54) is 74.0 Å². The molecule has 6 aliphatic rings.